The van der Waals surface area contributed by atoms with Gasteiger partial charge in [-0.25, -0.2) is 4.98 Å². The summed E-state index contributed by atoms with van der Waals surface area (Å²) in [6.07, 6.45) is 1.11. The Hall–Kier alpha value is -3.96. The Bertz CT molecular complexity index is 1460. The summed E-state index contributed by atoms with van der Waals surface area (Å²) in [5.74, 6) is 1.64. The van der Waals surface area contributed by atoms with Crippen molar-refractivity contribution >= 4 is 28.7 Å². The highest BCUT2D eigenvalue weighted by Crippen LogP contribution is 2.41. The zero-order valence-corrected chi connectivity index (χ0v) is 21.7. The number of nitrogens with zero attached hydrogens (tertiary/aromatic N) is 4. The molecule has 0 radical (unpaired) electrons. The minimum atomic E-state index is -0.227. The van der Waals surface area contributed by atoms with Gasteiger partial charge in [0.05, 0.1) is 49.5 Å². The Labute approximate surface area is 220 Å². The van der Waals surface area contributed by atoms with Crippen LogP contribution in [0.15, 0.2) is 71.9 Å². The predicted molar refractivity (Wildman–Crippen MR) is 144 cm³/mol. The summed E-state index contributed by atoms with van der Waals surface area (Å²) < 4.78 is 13.2. The molecule has 7 nitrogen and oxygen atoms in total. The number of aromatic nitrogens is 2. The second-order valence-corrected chi connectivity index (χ2v) is 9.73. The van der Waals surface area contributed by atoms with Gasteiger partial charge in [0.15, 0.2) is 16.7 Å². The molecule has 4 aromatic rings. The lowest BCUT2D eigenvalue weighted by atomic mass is 9.87. The number of methoxy groups -OCH3 is 2. The van der Waals surface area contributed by atoms with E-state index in [1.807, 2.05) is 64.1 Å². The van der Waals surface area contributed by atoms with Crippen LogP contribution in [0.5, 0.6) is 11.5 Å². The largest absolute Gasteiger partial charge is 0.493 e. The summed E-state index contributed by atoms with van der Waals surface area (Å²) in [5, 5.41) is 9.89. The van der Waals surface area contributed by atoms with Crippen LogP contribution in [0, 0.1) is 11.3 Å². The number of rotatable bonds is 8. The van der Waals surface area contributed by atoms with E-state index < -0.39 is 0 Å². The highest BCUT2D eigenvalue weighted by atomic mass is 32.2. The van der Waals surface area contributed by atoms with Crippen LogP contribution in [0.3, 0.4) is 0 Å². The van der Waals surface area contributed by atoms with Crippen molar-refractivity contribution in [3.8, 4) is 17.6 Å². The van der Waals surface area contributed by atoms with Crippen molar-refractivity contribution in [3.63, 3.8) is 0 Å². The van der Waals surface area contributed by atoms with Gasteiger partial charge in [-0.3, -0.25) is 4.79 Å². The van der Waals surface area contributed by atoms with Crippen LogP contribution >= 0.6 is 11.8 Å². The first-order chi connectivity index (χ1) is 18.1. The molecule has 0 fully saturated rings. The number of nitriles is 1. The number of aryl methyl sites for hydroxylation is 1. The van der Waals surface area contributed by atoms with Gasteiger partial charge in [0.1, 0.15) is 0 Å². The van der Waals surface area contributed by atoms with Crippen molar-refractivity contribution < 1.29 is 14.3 Å². The number of imidazole rings is 1. The number of carbonyl (C=O) groups excluding carboxylic acids is 1. The minimum Gasteiger partial charge on any atom is -0.493 e. The Kier molecular flexibility index (Phi) is 7.33. The van der Waals surface area contributed by atoms with E-state index >= 15 is 0 Å². The molecule has 3 aromatic carbocycles. The maximum absolute atomic E-state index is 13.7. The van der Waals surface area contributed by atoms with Crippen LogP contribution in [0.2, 0.25) is 0 Å². The molecule has 8 heteroatoms. The Morgan fingerprint density at radius 3 is 2.57 bits per heavy atom. The molecule has 1 amide bonds. The van der Waals surface area contributed by atoms with Crippen molar-refractivity contribution in [2.24, 2.45) is 0 Å². The average Bonchev–Trinajstić information content (AvgIpc) is 3.30. The molecule has 0 saturated carbocycles. The van der Waals surface area contributed by atoms with Crippen LogP contribution in [0.25, 0.3) is 11.0 Å². The van der Waals surface area contributed by atoms with Crippen molar-refractivity contribution in [1.29, 1.82) is 5.26 Å². The number of fused-ring (bicyclic) bond motifs is 2. The average molecular weight is 513 g/mol. The smallest absolute Gasteiger partial charge is 0.233 e. The summed E-state index contributed by atoms with van der Waals surface area (Å²) in [6.45, 7) is 1.14. The quantitative estimate of drug-likeness (QED) is 0.301. The lowest BCUT2D eigenvalue weighted by molar-refractivity contribution is -0.130. The molecule has 37 heavy (non-hydrogen) atoms. The molecule has 1 atom stereocenters. The van der Waals surface area contributed by atoms with E-state index in [0.717, 1.165) is 39.3 Å². The number of amides is 1. The molecule has 1 aromatic heterocycles. The number of thioether (sulfide) groups is 1. The molecular formula is C29H28N4O3S. The number of ether oxygens (including phenoxy) is 2. The molecule has 2 heterocycles. The summed E-state index contributed by atoms with van der Waals surface area (Å²) in [4.78, 5) is 20.5. The number of carbonyl (C=O) groups is 1. The van der Waals surface area contributed by atoms with Gasteiger partial charge >= 0.3 is 0 Å². The van der Waals surface area contributed by atoms with E-state index in [4.69, 9.17) is 19.7 Å². The number of benzene rings is 3. The summed E-state index contributed by atoms with van der Waals surface area (Å²) in [5.41, 5.74) is 5.10. The summed E-state index contributed by atoms with van der Waals surface area (Å²) in [7, 11) is 3.27. The van der Waals surface area contributed by atoms with E-state index in [-0.39, 0.29) is 17.7 Å². The standard InChI is InChI=1S/C29H28N4O3S/c1-35-25-17-21-13-16-33(28(20-9-4-3-5-10-20)22(21)18-26(25)36-2)27(34)19-37-29-31-23-11-6-7-12-24(23)32(29)15-8-14-30/h3-7,9-12,17-18,28H,8,13,15-16,19H2,1-2H3/t28-/m0/s1. The van der Waals surface area contributed by atoms with E-state index in [9.17, 15) is 4.79 Å². The van der Waals surface area contributed by atoms with Gasteiger partial charge < -0.3 is 18.9 Å². The Morgan fingerprint density at radius 2 is 1.81 bits per heavy atom. The maximum atomic E-state index is 13.7. The lowest BCUT2D eigenvalue weighted by Crippen LogP contribution is -2.41. The van der Waals surface area contributed by atoms with E-state index in [2.05, 4.69) is 18.2 Å². The van der Waals surface area contributed by atoms with Crippen molar-refractivity contribution in [1.82, 2.24) is 14.5 Å². The van der Waals surface area contributed by atoms with Gasteiger partial charge in [0.25, 0.3) is 0 Å². The SMILES string of the molecule is COc1cc2c(cc1OC)[C@H](c1ccccc1)N(C(=O)CSc1nc3ccccc3n1CCC#N)CC2. The Balaban J connectivity index is 1.45. The number of para-hydroxylation sites is 2. The molecule has 0 unspecified atom stereocenters. The van der Waals surface area contributed by atoms with Crippen molar-refractivity contribution in [3.05, 3.63) is 83.4 Å². The van der Waals surface area contributed by atoms with Crippen LogP contribution in [-0.2, 0) is 17.8 Å². The summed E-state index contributed by atoms with van der Waals surface area (Å²) in [6, 6.07) is 24.0. The van der Waals surface area contributed by atoms with E-state index in [1.54, 1.807) is 14.2 Å². The normalized spacial score (nSPS) is 14.7. The van der Waals surface area contributed by atoms with Crippen LogP contribution in [-0.4, -0.2) is 46.9 Å². The maximum Gasteiger partial charge on any atom is 0.233 e. The first-order valence-corrected chi connectivity index (χ1v) is 13.2. The van der Waals surface area contributed by atoms with Gasteiger partial charge in [-0.2, -0.15) is 5.26 Å². The third-order valence-electron chi connectivity index (χ3n) is 6.70. The van der Waals surface area contributed by atoms with Crippen LogP contribution < -0.4 is 9.47 Å². The van der Waals surface area contributed by atoms with Gasteiger partial charge in [-0.1, -0.05) is 54.2 Å². The van der Waals surface area contributed by atoms with Crippen LogP contribution in [0.1, 0.15) is 29.2 Å². The highest BCUT2D eigenvalue weighted by molar-refractivity contribution is 7.99. The third kappa shape index (κ3) is 4.87. The lowest BCUT2D eigenvalue weighted by Gasteiger charge is -2.38. The van der Waals surface area contributed by atoms with E-state index in [0.29, 0.717) is 31.0 Å². The molecular weight excluding hydrogens is 484 g/mol. The fraction of sp³-hybridized carbons (Fsp3) is 0.276. The van der Waals surface area contributed by atoms with Gasteiger partial charge in [-0.15, -0.1) is 0 Å². The Morgan fingerprint density at radius 1 is 1.08 bits per heavy atom. The molecule has 0 spiro atoms. The molecule has 0 saturated heterocycles. The van der Waals surface area contributed by atoms with Gasteiger partial charge in [0, 0.05) is 13.1 Å². The third-order valence-corrected chi connectivity index (χ3v) is 7.66. The minimum absolute atomic E-state index is 0.0400. The highest BCUT2D eigenvalue weighted by Gasteiger charge is 2.33. The molecule has 5 rings (SSSR count). The second-order valence-electron chi connectivity index (χ2n) is 8.79. The van der Waals surface area contributed by atoms with Gasteiger partial charge in [0.2, 0.25) is 5.91 Å². The molecule has 0 bridgehead atoms. The van der Waals surface area contributed by atoms with Crippen LogP contribution in [0.4, 0.5) is 0 Å². The molecule has 188 valence electrons. The fourth-order valence-corrected chi connectivity index (χ4v) is 5.89. The molecule has 1 aliphatic heterocycles. The van der Waals surface area contributed by atoms with Crippen molar-refractivity contribution in [2.45, 2.75) is 30.6 Å². The number of hydrogen-bond donors (Lipinski definition) is 0. The zero-order valence-electron chi connectivity index (χ0n) is 20.9. The van der Waals surface area contributed by atoms with Crippen molar-refractivity contribution in [2.75, 3.05) is 26.5 Å². The summed E-state index contributed by atoms with van der Waals surface area (Å²) >= 11 is 1.42. The number of hydrogen-bond acceptors (Lipinski definition) is 6. The molecule has 1 aliphatic rings. The monoisotopic (exact) mass is 512 g/mol. The second kappa shape index (κ2) is 11.0. The van der Waals surface area contributed by atoms with E-state index in [1.165, 1.54) is 11.8 Å². The zero-order chi connectivity index (χ0) is 25.8. The first kappa shape index (κ1) is 24.7. The molecule has 0 aliphatic carbocycles. The predicted octanol–water partition coefficient (Wildman–Crippen LogP) is 5.23. The van der Waals surface area contributed by atoms with Gasteiger partial charge in [-0.05, 0) is 47.4 Å². The topological polar surface area (TPSA) is 80.4 Å². The molecule has 0 N–H and O–H groups in total. The first-order valence-electron chi connectivity index (χ1n) is 12.2. The fourth-order valence-electron chi connectivity index (χ4n) is 4.96.